The Labute approximate surface area is 144 Å². The van der Waals surface area contributed by atoms with E-state index in [0.717, 1.165) is 31.4 Å². The number of nitriles is 1. The van der Waals surface area contributed by atoms with Gasteiger partial charge in [-0.25, -0.2) is 0 Å². The van der Waals surface area contributed by atoms with Gasteiger partial charge in [0.05, 0.1) is 18.2 Å². The predicted octanol–water partition coefficient (Wildman–Crippen LogP) is 5.81. The van der Waals surface area contributed by atoms with E-state index in [4.69, 9.17) is 21.6 Å². The number of hydrogen-bond acceptors (Lipinski definition) is 2. The van der Waals surface area contributed by atoms with Gasteiger partial charge >= 0.3 is 0 Å². The van der Waals surface area contributed by atoms with Crippen molar-refractivity contribution in [2.75, 3.05) is 6.61 Å². The van der Waals surface area contributed by atoms with Crippen LogP contribution >= 0.6 is 11.6 Å². The lowest BCUT2D eigenvalue weighted by atomic mass is 10.0. The van der Waals surface area contributed by atoms with Crippen LogP contribution in [0.25, 0.3) is 0 Å². The van der Waals surface area contributed by atoms with Crippen LogP contribution in [0.5, 0.6) is 0 Å². The summed E-state index contributed by atoms with van der Waals surface area (Å²) in [7, 11) is 0. The fraction of sp³-hybridized carbons (Fsp3) is 0.350. The molecule has 0 aliphatic rings. The smallest absolute Gasteiger partial charge is 0.115 e. The topological polar surface area (TPSA) is 33.0 Å². The van der Waals surface area contributed by atoms with Gasteiger partial charge in [0.1, 0.15) is 5.76 Å². The van der Waals surface area contributed by atoms with Crippen molar-refractivity contribution in [2.45, 2.75) is 39.5 Å². The van der Waals surface area contributed by atoms with Gasteiger partial charge in [0.25, 0.3) is 0 Å². The van der Waals surface area contributed by atoms with E-state index in [-0.39, 0.29) is 0 Å². The van der Waals surface area contributed by atoms with Crippen LogP contribution in [0.1, 0.15) is 42.9 Å². The third-order valence-corrected chi connectivity index (χ3v) is 3.53. The highest BCUT2D eigenvalue weighted by Crippen LogP contribution is 2.14. The Morgan fingerprint density at radius 3 is 2.83 bits per heavy atom. The summed E-state index contributed by atoms with van der Waals surface area (Å²) in [6, 6.07) is 7.99. The molecule has 1 aromatic carbocycles. The highest BCUT2D eigenvalue weighted by atomic mass is 35.5. The Hall–Kier alpha value is -1.98. The zero-order valence-electron chi connectivity index (χ0n) is 13.9. The van der Waals surface area contributed by atoms with E-state index >= 15 is 0 Å². The van der Waals surface area contributed by atoms with Crippen molar-refractivity contribution in [2.24, 2.45) is 0 Å². The van der Waals surface area contributed by atoms with Crippen molar-refractivity contribution in [1.29, 1.82) is 5.26 Å². The van der Waals surface area contributed by atoms with Crippen LogP contribution in [0, 0.1) is 18.3 Å². The quantitative estimate of drug-likeness (QED) is 0.325. The number of ether oxygens (including phenoxy) is 1. The van der Waals surface area contributed by atoms with Gasteiger partial charge < -0.3 is 4.74 Å². The molecule has 0 atom stereocenters. The van der Waals surface area contributed by atoms with Gasteiger partial charge in [-0.15, -0.1) is 0 Å². The maximum absolute atomic E-state index is 8.98. The average Bonchev–Trinajstić information content (AvgIpc) is 2.54. The maximum Gasteiger partial charge on any atom is 0.115 e. The highest BCUT2D eigenvalue weighted by molar-refractivity contribution is 6.30. The predicted molar refractivity (Wildman–Crippen MR) is 97.3 cm³/mol. The van der Waals surface area contributed by atoms with Crippen LogP contribution in [0.4, 0.5) is 0 Å². The second-order valence-corrected chi connectivity index (χ2v) is 5.87. The Kier molecular flexibility index (Phi) is 8.87. The molecule has 23 heavy (non-hydrogen) atoms. The lowest BCUT2D eigenvalue weighted by Crippen LogP contribution is -1.98. The fourth-order valence-corrected chi connectivity index (χ4v) is 2.16. The molecule has 1 aromatic rings. The largest absolute Gasteiger partial charge is 0.494 e. The highest BCUT2D eigenvalue weighted by Gasteiger charge is 2.01. The average molecular weight is 330 g/mol. The van der Waals surface area contributed by atoms with Gasteiger partial charge in [0, 0.05) is 5.03 Å². The number of rotatable bonds is 9. The molecule has 0 bridgehead atoms. The third kappa shape index (κ3) is 7.72. The van der Waals surface area contributed by atoms with Gasteiger partial charge in [0.2, 0.25) is 0 Å². The van der Waals surface area contributed by atoms with Crippen LogP contribution < -0.4 is 0 Å². The Bertz CT molecular complexity index is 623. The summed E-state index contributed by atoms with van der Waals surface area (Å²) in [5.41, 5.74) is 3.12. The second-order valence-electron chi connectivity index (χ2n) is 5.38. The molecule has 0 heterocycles. The van der Waals surface area contributed by atoms with Crippen LogP contribution in [0.3, 0.4) is 0 Å². The molecule has 0 aliphatic carbocycles. The summed E-state index contributed by atoms with van der Waals surface area (Å²) in [5, 5.41) is 9.46. The lowest BCUT2D eigenvalue weighted by molar-refractivity contribution is 0.219. The van der Waals surface area contributed by atoms with E-state index in [2.05, 4.69) is 32.6 Å². The minimum absolute atomic E-state index is 0.486. The molecule has 1 rings (SSSR count). The summed E-state index contributed by atoms with van der Waals surface area (Å²) in [4.78, 5) is 0. The van der Waals surface area contributed by atoms with Gasteiger partial charge in [-0.2, -0.15) is 5.26 Å². The summed E-state index contributed by atoms with van der Waals surface area (Å²) in [6.07, 6.45) is 9.50. The van der Waals surface area contributed by atoms with Crippen molar-refractivity contribution in [3.8, 4) is 6.07 Å². The Balaban J connectivity index is 2.54. The zero-order chi connectivity index (χ0) is 17.1. The van der Waals surface area contributed by atoms with Crippen LogP contribution in [0.2, 0.25) is 0 Å². The zero-order valence-corrected chi connectivity index (χ0v) is 14.7. The molecule has 3 heteroatoms. The number of halogens is 1. The summed E-state index contributed by atoms with van der Waals surface area (Å²) in [5.74, 6) is 0.830. The van der Waals surface area contributed by atoms with E-state index in [9.17, 15) is 0 Å². The normalized spacial score (nSPS) is 11.5. The summed E-state index contributed by atoms with van der Waals surface area (Å²) < 4.78 is 5.82. The first-order chi connectivity index (χ1) is 11.1. The van der Waals surface area contributed by atoms with Crippen LogP contribution in [0.15, 0.2) is 53.8 Å². The van der Waals surface area contributed by atoms with E-state index in [1.807, 2.05) is 24.3 Å². The molecule has 0 N–H and O–H groups in total. The number of allylic oxidation sites excluding steroid dienone is 4. The SMILES string of the molecule is C=C(Cl)/C=C\C(=C/CCC)OCCCc1cc(C#N)ccc1C. The van der Waals surface area contributed by atoms with E-state index in [1.54, 1.807) is 6.08 Å². The summed E-state index contributed by atoms with van der Waals surface area (Å²) >= 11 is 5.75. The minimum atomic E-state index is 0.486. The Morgan fingerprint density at radius 1 is 1.39 bits per heavy atom. The van der Waals surface area contributed by atoms with Gasteiger partial charge in [-0.05, 0) is 67.7 Å². The molecule has 0 radical (unpaired) electrons. The van der Waals surface area contributed by atoms with Crippen LogP contribution in [-0.2, 0) is 11.2 Å². The molecular formula is C20H24ClNO. The fourth-order valence-electron chi connectivity index (χ4n) is 2.10. The van der Waals surface area contributed by atoms with Gasteiger partial charge in [-0.1, -0.05) is 37.6 Å². The number of hydrogen-bond donors (Lipinski definition) is 0. The first-order valence-corrected chi connectivity index (χ1v) is 8.29. The van der Waals surface area contributed by atoms with Gasteiger partial charge in [-0.3, -0.25) is 0 Å². The number of benzene rings is 1. The molecule has 0 unspecified atom stereocenters. The molecule has 0 fully saturated rings. The standard InChI is InChI=1S/C20H24ClNO/c1-4-5-8-20(12-10-17(3)21)23-13-6-7-19-14-18(15-22)11-9-16(19)2/h8-12,14H,3-7,13H2,1-2H3/b12-10-,20-8+. The minimum Gasteiger partial charge on any atom is -0.494 e. The first kappa shape index (κ1) is 19.1. The maximum atomic E-state index is 8.98. The van der Waals surface area contributed by atoms with Gasteiger partial charge in [0.15, 0.2) is 0 Å². The number of unbranched alkanes of at least 4 members (excludes halogenated alkanes) is 1. The summed E-state index contributed by atoms with van der Waals surface area (Å²) in [6.45, 7) is 8.47. The van der Waals surface area contributed by atoms with E-state index in [0.29, 0.717) is 17.2 Å². The molecule has 0 saturated heterocycles. The second kappa shape index (κ2) is 10.7. The van der Waals surface area contributed by atoms with Crippen molar-refractivity contribution in [1.82, 2.24) is 0 Å². The van der Waals surface area contributed by atoms with Crippen molar-refractivity contribution >= 4 is 11.6 Å². The molecule has 0 aliphatic heterocycles. The third-order valence-electron chi connectivity index (χ3n) is 3.40. The van der Waals surface area contributed by atoms with Crippen molar-refractivity contribution in [3.05, 3.63) is 70.5 Å². The molecule has 2 nitrogen and oxygen atoms in total. The number of nitrogens with zero attached hydrogens (tertiary/aromatic N) is 1. The number of aryl methyl sites for hydroxylation is 2. The first-order valence-electron chi connectivity index (χ1n) is 7.92. The molecule has 0 spiro atoms. The molecule has 122 valence electrons. The van der Waals surface area contributed by atoms with Crippen LogP contribution in [-0.4, -0.2) is 6.61 Å². The van der Waals surface area contributed by atoms with Crippen molar-refractivity contribution < 1.29 is 4.74 Å². The molecular weight excluding hydrogens is 306 g/mol. The Morgan fingerprint density at radius 2 is 2.17 bits per heavy atom. The molecule has 0 aromatic heterocycles. The molecule has 0 amide bonds. The molecule has 0 saturated carbocycles. The van der Waals surface area contributed by atoms with E-state index in [1.165, 1.54) is 11.1 Å². The van der Waals surface area contributed by atoms with E-state index < -0.39 is 0 Å². The monoisotopic (exact) mass is 329 g/mol. The van der Waals surface area contributed by atoms with Crippen molar-refractivity contribution in [3.63, 3.8) is 0 Å². The lowest BCUT2D eigenvalue weighted by Gasteiger charge is -2.09.